The Morgan fingerprint density at radius 1 is 1.31 bits per heavy atom. The monoisotopic (exact) mass is 465 g/mol. The number of aliphatic hydroxyl groups excluding tert-OH is 1. The van der Waals surface area contributed by atoms with Crippen LogP contribution in [0.25, 0.3) is 0 Å². The van der Waals surface area contributed by atoms with E-state index in [-0.39, 0.29) is 67.3 Å². The van der Waals surface area contributed by atoms with Gasteiger partial charge < -0.3 is 12.5 Å². The number of benzene rings is 1. The minimum atomic E-state index is -0.214. The molecular formula is C13H20OWY-2. The standard InChI is InChI=1S/C12H17O.CH3.W.Y/c1-3-11(9-10(2)13)12-7-5-4-6-8-12;;;/h5-8,10-11,13H,3,9H2,1-2H3;1H3;;/q2*-1;;. The smallest absolute Gasteiger partial charge is 0.0517 e. The second kappa shape index (κ2) is 12.4. The molecule has 2 atom stereocenters. The predicted octanol–water partition coefficient (Wildman–Crippen LogP) is 3.20. The van der Waals surface area contributed by atoms with E-state index < -0.39 is 0 Å². The molecule has 2 unspecified atom stereocenters. The molecule has 89 valence electrons. The van der Waals surface area contributed by atoms with Gasteiger partial charge in [-0.2, -0.15) is 35.9 Å². The first-order chi connectivity index (χ1) is 6.24. The van der Waals surface area contributed by atoms with Crippen LogP contribution >= 0.6 is 0 Å². The molecule has 16 heavy (non-hydrogen) atoms. The molecule has 0 spiro atoms. The molecule has 1 nitrogen and oxygen atoms in total. The number of rotatable bonds is 4. The van der Waals surface area contributed by atoms with Gasteiger partial charge in [0, 0.05) is 53.8 Å². The molecule has 0 aliphatic rings. The van der Waals surface area contributed by atoms with Crippen LogP contribution in [0.3, 0.4) is 0 Å². The van der Waals surface area contributed by atoms with Crippen molar-refractivity contribution in [3.05, 3.63) is 43.3 Å². The summed E-state index contributed by atoms with van der Waals surface area (Å²) in [5.74, 6) is 0.481. The van der Waals surface area contributed by atoms with E-state index in [0.717, 1.165) is 12.8 Å². The molecule has 0 heterocycles. The Bertz CT molecular complexity index is 239. The van der Waals surface area contributed by atoms with Gasteiger partial charge in [0.15, 0.2) is 0 Å². The van der Waals surface area contributed by atoms with Gasteiger partial charge in [-0.3, -0.25) is 0 Å². The summed E-state index contributed by atoms with van der Waals surface area (Å²) in [6.45, 7) is 4.00. The van der Waals surface area contributed by atoms with Gasteiger partial charge in [-0.25, -0.2) is 0 Å². The minimum absolute atomic E-state index is 0. The maximum atomic E-state index is 9.31. The molecule has 1 N–H and O–H groups in total. The van der Waals surface area contributed by atoms with Crippen LogP contribution < -0.4 is 0 Å². The SMILES string of the molecule is CCC(CC(C)O)c1cc[c-]cc1.[CH3-].[W].[Y]. The Kier molecular flexibility index (Phi) is 17.2. The molecule has 0 fully saturated rings. The van der Waals surface area contributed by atoms with E-state index >= 15 is 0 Å². The quantitative estimate of drug-likeness (QED) is 0.678. The van der Waals surface area contributed by atoms with Crippen molar-refractivity contribution in [3.63, 3.8) is 0 Å². The van der Waals surface area contributed by atoms with Gasteiger partial charge in [0.25, 0.3) is 0 Å². The van der Waals surface area contributed by atoms with Crippen LogP contribution in [-0.2, 0) is 53.8 Å². The summed E-state index contributed by atoms with van der Waals surface area (Å²) in [5.41, 5.74) is 1.31. The Morgan fingerprint density at radius 2 is 1.81 bits per heavy atom. The first-order valence-corrected chi connectivity index (χ1v) is 4.88. The summed E-state index contributed by atoms with van der Waals surface area (Å²) >= 11 is 0. The third-order valence-corrected chi connectivity index (χ3v) is 2.33. The Morgan fingerprint density at radius 3 is 2.19 bits per heavy atom. The second-order valence-electron chi connectivity index (χ2n) is 3.52. The zero-order valence-corrected chi connectivity index (χ0v) is 16.1. The molecule has 0 amide bonds. The van der Waals surface area contributed by atoms with Gasteiger partial charge in [0.2, 0.25) is 0 Å². The average Bonchev–Trinajstić information content (AvgIpc) is 2.15. The Balaban J connectivity index is -0.000000563. The number of hydrogen-bond acceptors (Lipinski definition) is 1. The molecule has 1 rings (SSSR count). The third-order valence-electron chi connectivity index (χ3n) is 2.33. The van der Waals surface area contributed by atoms with Gasteiger partial charge >= 0.3 is 0 Å². The number of aliphatic hydroxyl groups is 1. The summed E-state index contributed by atoms with van der Waals surface area (Å²) in [7, 11) is 0. The maximum Gasteiger partial charge on any atom is 0.0517 e. The van der Waals surface area contributed by atoms with Crippen molar-refractivity contribution < 1.29 is 58.9 Å². The average molecular weight is 465 g/mol. The van der Waals surface area contributed by atoms with Crippen molar-refractivity contribution in [2.24, 2.45) is 0 Å². The molecule has 1 radical (unpaired) electrons. The fourth-order valence-electron chi connectivity index (χ4n) is 1.62. The molecule has 0 aliphatic carbocycles. The van der Waals surface area contributed by atoms with Crippen molar-refractivity contribution in [2.45, 2.75) is 38.7 Å². The van der Waals surface area contributed by atoms with Crippen LogP contribution in [0.5, 0.6) is 0 Å². The second-order valence-corrected chi connectivity index (χ2v) is 3.52. The molecule has 0 aliphatic heterocycles. The van der Waals surface area contributed by atoms with E-state index in [9.17, 15) is 5.11 Å². The van der Waals surface area contributed by atoms with Crippen LogP contribution in [0, 0.1) is 13.5 Å². The van der Waals surface area contributed by atoms with E-state index in [4.69, 9.17) is 0 Å². The first-order valence-electron chi connectivity index (χ1n) is 4.88. The zero-order valence-electron chi connectivity index (χ0n) is 10.3. The van der Waals surface area contributed by atoms with E-state index in [2.05, 4.69) is 25.1 Å². The fraction of sp³-hybridized carbons (Fsp3) is 0.462. The van der Waals surface area contributed by atoms with Crippen LogP contribution in [0.1, 0.15) is 38.2 Å². The van der Waals surface area contributed by atoms with Gasteiger partial charge in [-0.15, -0.1) is 0 Å². The maximum absolute atomic E-state index is 9.31. The largest absolute Gasteiger partial charge is 0.393 e. The number of hydrogen-bond donors (Lipinski definition) is 1. The van der Waals surface area contributed by atoms with Gasteiger partial charge in [-0.1, -0.05) is 13.3 Å². The fourth-order valence-corrected chi connectivity index (χ4v) is 1.62. The van der Waals surface area contributed by atoms with E-state index in [1.54, 1.807) is 0 Å². The van der Waals surface area contributed by atoms with Crippen LogP contribution in [-0.4, -0.2) is 11.2 Å². The van der Waals surface area contributed by atoms with E-state index in [1.165, 1.54) is 5.56 Å². The Hall–Kier alpha value is 0.972. The normalized spacial score (nSPS) is 12.4. The molecule has 0 bridgehead atoms. The van der Waals surface area contributed by atoms with Crippen molar-refractivity contribution >= 4 is 0 Å². The molecule has 1 aromatic rings. The zero-order chi connectivity index (χ0) is 9.68. The minimum Gasteiger partial charge on any atom is -0.393 e. The van der Waals surface area contributed by atoms with E-state index in [1.807, 2.05) is 19.1 Å². The summed E-state index contributed by atoms with van der Waals surface area (Å²) in [6.07, 6.45) is 1.71. The van der Waals surface area contributed by atoms with Crippen molar-refractivity contribution in [3.8, 4) is 0 Å². The summed E-state index contributed by atoms with van der Waals surface area (Å²) in [5, 5.41) is 9.31. The van der Waals surface area contributed by atoms with Crippen LogP contribution in [0.4, 0.5) is 0 Å². The first kappa shape index (κ1) is 22.2. The summed E-state index contributed by atoms with van der Waals surface area (Å²) in [4.78, 5) is 0. The van der Waals surface area contributed by atoms with Gasteiger partial charge in [0.1, 0.15) is 0 Å². The molecular weight excluding hydrogens is 445 g/mol. The van der Waals surface area contributed by atoms with Gasteiger partial charge in [0.05, 0.1) is 6.10 Å². The van der Waals surface area contributed by atoms with Crippen molar-refractivity contribution in [1.82, 2.24) is 0 Å². The van der Waals surface area contributed by atoms with E-state index in [0.29, 0.717) is 5.92 Å². The molecule has 1 aromatic carbocycles. The summed E-state index contributed by atoms with van der Waals surface area (Å²) in [6, 6.07) is 11.0. The van der Waals surface area contributed by atoms with Crippen molar-refractivity contribution in [2.75, 3.05) is 0 Å². The topological polar surface area (TPSA) is 20.2 Å². The molecule has 3 heteroatoms. The summed E-state index contributed by atoms with van der Waals surface area (Å²) < 4.78 is 0. The molecule has 0 aromatic heterocycles. The van der Waals surface area contributed by atoms with Crippen LogP contribution in [0.2, 0.25) is 0 Å². The molecule has 0 saturated heterocycles. The third kappa shape index (κ3) is 8.12. The predicted molar refractivity (Wildman–Crippen MR) is 61.0 cm³/mol. The van der Waals surface area contributed by atoms with Gasteiger partial charge in [-0.05, 0) is 19.3 Å². The van der Waals surface area contributed by atoms with Crippen molar-refractivity contribution in [1.29, 1.82) is 0 Å². The Labute approximate surface area is 140 Å². The van der Waals surface area contributed by atoms with Crippen LogP contribution in [0.15, 0.2) is 24.3 Å². The molecule has 0 saturated carbocycles.